The predicted octanol–water partition coefficient (Wildman–Crippen LogP) is 8.35. The molecule has 0 heterocycles. The number of nitrogen functional groups attached to an aromatic ring is 2. The highest BCUT2D eigenvalue weighted by Gasteiger charge is 2.44. The first kappa shape index (κ1) is 26.7. The Kier molecular flexibility index (Phi) is 7.31. The van der Waals surface area contributed by atoms with Gasteiger partial charge < -0.3 is 20.9 Å². The van der Waals surface area contributed by atoms with Crippen LogP contribution in [0.15, 0.2) is 152 Å². The summed E-state index contributed by atoms with van der Waals surface area (Å²) >= 11 is 0. The molecular weight excluding hydrogens is 520 g/mol. The molecule has 5 heteroatoms. The summed E-state index contributed by atoms with van der Waals surface area (Å²) in [5.74, 6) is 2.22. The molecule has 206 valence electrons. The lowest BCUT2D eigenvalue weighted by molar-refractivity contribution is 0.0918. The highest BCUT2D eigenvalue weighted by atomic mass is 16.5. The number of hydrogen-bond donors (Lipinski definition) is 2. The number of allylic oxidation sites excluding steroid dienone is 4. The van der Waals surface area contributed by atoms with E-state index >= 15 is 0 Å². The molecule has 1 aliphatic rings. The number of ether oxygens (including phenoxy) is 2. The number of hydrogen-bond acceptors (Lipinski definition) is 5. The summed E-state index contributed by atoms with van der Waals surface area (Å²) in [7, 11) is 0. The van der Waals surface area contributed by atoms with Crippen molar-refractivity contribution in [1.29, 1.82) is 0 Å². The summed E-state index contributed by atoms with van der Waals surface area (Å²) < 4.78 is 12.1. The summed E-state index contributed by atoms with van der Waals surface area (Å²) in [4.78, 5) is 14.1. The van der Waals surface area contributed by atoms with Crippen LogP contribution in [0.1, 0.15) is 21.5 Å². The Labute approximate surface area is 245 Å². The van der Waals surface area contributed by atoms with E-state index in [-0.39, 0.29) is 5.78 Å². The van der Waals surface area contributed by atoms with Crippen molar-refractivity contribution >= 4 is 17.2 Å². The lowest BCUT2D eigenvalue weighted by Crippen LogP contribution is -2.39. The minimum absolute atomic E-state index is 0.0383. The average molecular weight is 551 g/mol. The van der Waals surface area contributed by atoms with Gasteiger partial charge in [-0.15, -0.1) is 0 Å². The number of ketones is 1. The third kappa shape index (κ3) is 5.40. The van der Waals surface area contributed by atoms with Crippen molar-refractivity contribution in [3.05, 3.63) is 168 Å². The van der Waals surface area contributed by atoms with Gasteiger partial charge in [0.15, 0.2) is 5.78 Å². The fraction of sp³-hybridized carbons (Fsp3) is 0.0541. The third-order valence-electron chi connectivity index (χ3n) is 7.46. The first-order valence-electron chi connectivity index (χ1n) is 13.7. The van der Waals surface area contributed by atoms with Crippen molar-refractivity contribution in [3.8, 4) is 23.0 Å². The van der Waals surface area contributed by atoms with Crippen LogP contribution >= 0.6 is 0 Å². The number of anilines is 2. The molecule has 0 fully saturated rings. The molecule has 42 heavy (non-hydrogen) atoms. The van der Waals surface area contributed by atoms with E-state index in [0.29, 0.717) is 39.9 Å². The summed E-state index contributed by atoms with van der Waals surface area (Å²) in [6.07, 6.45) is 8.05. The molecular formula is C37H30N2O3. The Morgan fingerprint density at radius 2 is 1.10 bits per heavy atom. The molecule has 5 aromatic rings. The number of Topliss-reactive ketones (excluding diaryl/α,β-unsaturated/α-hetero) is 1. The van der Waals surface area contributed by atoms with E-state index in [4.69, 9.17) is 20.9 Å². The number of rotatable bonds is 8. The topological polar surface area (TPSA) is 87.6 Å². The van der Waals surface area contributed by atoms with Gasteiger partial charge in [0.1, 0.15) is 23.0 Å². The van der Waals surface area contributed by atoms with Crippen LogP contribution in [0.5, 0.6) is 23.0 Å². The van der Waals surface area contributed by atoms with Crippen LogP contribution in [0.3, 0.4) is 0 Å². The third-order valence-corrected chi connectivity index (χ3v) is 7.46. The SMILES string of the molecule is Nc1cccc(Oc2ccc(C3(c4ccc(Oc5cccc(N)c5)cc4)C=CC=CC3C(=O)c3ccccc3)cc2)c1. The summed E-state index contributed by atoms with van der Waals surface area (Å²) in [6, 6.07) is 39.8. The van der Waals surface area contributed by atoms with E-state index < -0.39 is 11.3 Å². The largest absolute Gasteiger partial charge is 0.457 e. The van der Waals surface area contributed by atoms with Crippen molar-refractivity contribution in [1.82, 2.24) is 0 Å². The van der Waals surface area contributed by atoms with E-state index in [1.165, 1.54) is 0 Å². The van der Waals surface area contributed by atoms with Crippen LogP contribution in [0.2, 0.25) is 0 Å². The van der Waals surface area contributed by atoms with Crippen molar-refractivity contribution in [2.24, 2.45) is 5.92 Å². The first-order valence-corrected chi connectivity index (χ1v) is 13.7. The van der Waals surface area contributed by atoms with Crippen LogP contribution in [-0.2, 0) is 5.41 Å². The molecule has 0 amide bonds. The maximum absolute atomic E-state index is 14.1. The number of carbonyl (C=O) groups is 1. The Bertz CT molecular complexity index is 1670. The fourth-order valence-electron chi connectivity index (χ4n) is 5.46. The highest BCUT2D eigenvalue weighted by molar-refractivity contribution is 6.01. The van der Waals surface area contributed by atoms with Gasteiger partial charge in [0.05, 0.1) is 11.3 Å². The van der Waals surface area contributed by atoms with Gasteiger partial charge in [0.2, 0.25) is 0 Å². The zero-order valence-electron chi connectivity index (χ0n) is 22.9. The lowest BCUT2D eigenvalue weighted by Gasteiger charge is -2.39. The second-order valence-corrected chi connectivity index (χ2v) is 10.2. The van der Waals surface area contributed by atoms with Crippen LogP contribution in [-0.4, -0.2) is 5.78 Å². The molecule has 4 N–H and O–H groups in total. The zero-order valence-corrected chi connectivity index (χ0v) is 22.9. The van der Waals surface area contributed by atoms with Gasteiger partial charge in [-0.05, 0) is 59.7 Å². The fourth-order valence-corrected chi connectivity index (χ4v) is 5.46. The highest BCUT2D eigenvalue weighted by Crippen LogP contribution is 2.46. The Morgan fingerprint density at radius 3 is 1.60 bits per heavy atom. The van der Waals surface area contributed by atoms with Gasteiger partial charge >= 0.3 is 0 Å². The Morgan fingerprint density at radius 1 is 0.571 bits per heavy atom. The average Bonchev–Trinajstić information content (AvgIpc) is 3.02. The van der Waals surface area contributed by atoms with E-state index in [0.717, 1.165) is 11.1 Å². The predicted molar refractivity (Wildman–Crippen MR) is 168 cm³/mol. The molecule has 1 unspecified atom stereocenters. The van der Waals surface area contributed by atoms with Crippen LogP contribution in [0, 0.1) is 5.92 Å². The Balaban J connectivity index is 1.40. The van der Waals surface area contributed by atoms with E-state index in [1.54, 1.807) is 12.1 Å². The Hall–Kier alpha value is -5.55. The normalized spacial score (nSPS) is 15.2. The number of nitrogens with two attached hydrogens (primary N) is 2. The molecule has 0 aromatic heterocycles. The van der Waals surface area contributed by atoms with Crippen molar-refractivity contribution in [2.45, 2.75) is 5.41 Å². The molecule has 0 radical (unpaired) electrons. The van der Waals surface area contributed by atoms with E-state index in [2.05, 4.69) is 6.08 Å². The van der Waals surface area contributed by atoms with Gasteiger partial charge in [0, 0.05) is 29.1 Å². The molecule has 6 rings (SSSR count). The molecule has 0 spiro atoms. The van der Waals surface area contributed by atoms with Gasteiger partial charge in [-0.25, -0.2) is 0 Å². The van der Waals surface area contributed by atoms with Gasteiger partial charge in [0.25, 0.3) is 0 Å². The second kappa shape index (κ2) is 11.5. The lowest BCUT2D eigenvalue weighted by atomic mass is 9.62. The van der Waals surface area contributed by atoms with E-state index in [9.17, 15) is 4.79 Å². The van der Waals surface area contributed by atoms with Crippen LogP contribution in [0.25, 0.3) is 0 Å². The summed E-state index contributed by atoms with van der Waals surface area (Å²) in [5, 5.41) is 0. The minimum atomic E-state index is -0.771. The maximum atomic E-state index is 14.1. The molecule has 5 nitrogen and oxygen atoms in total. The zero-order chi connectivity index (χ0) is 28.9. The smallest absolute Gasteiger partial charge is 0.171 e. The van der Waals surface area contributed by atoms with Gasteiger partial charge in [-0.1, -0.05) is 91.0 Å². The first-order chi connectivity index (χ1) is 20.5. The van der Waals surface area contributed by atoms with Crippen molar-refractivity contribution in [2.75, 3.05) is 11.5 Å². The molecule has 0 bridgehead atoms. The molecule has 5 aromatic carbocycles. The monoisotopic (exact) mass is 550 g/mol. The van der Waals surface area contributed by atoms with Gasteiger partial charge in [-0.3, -0.25) is 4.79 Å². The maximum Gasteiger partial charge on any atom is 0.171 e. The van der Waals surface area contributed by atoms with Crippen molar-refractivity contribution in [3.63, 3.8) is 0 Å². The molecule has 1 aliphatic carbocycles. The van der Waals surface area contributed by atoms with E-state index in [1.807, 2.05) is 133 Å². The summed E-state index contributed by atoms with van der Waals surface area (Å²) in [5.41, 5.74) is 14.9. The quantitative estimate of drug-likeness (QED) is 0.150. The number of carbonyl (C=O) groups excluding carboxylic acids is 1. The summed E-state index contributed by atoms with van der Waals surface area (Å²) in [6.45, 7) is 0. The molecule has 0 aliphatic heterocycles. The van der Waals surface area contributed by atoms with Gasteiger partial charge in [-0.2, -0.15) is 0 Å². The molecule has 0 saturated heterocycles. The number of benzene rings is 5. The van der Waals surface area contributed by atoms with Crippen LogP contribution in [0.4, 0.5) is 11.4 Å². The second-order valence-electron chi connectivity index (χ2n) is 10.2. The van der Waals surface area contributed by atoms with Crippen LogP contribution < -0.4 is 20.9 Å². The standard InChI is InChI=1S/C37H30N2O3/c38-29-10-6-12-33(24-29)41-31-19-15-27(16-20-31)37(23-5-4-14-35(37)36(40)26-8-2-1-3-9-26)28-17-21-32(22-18-28)42-34-13-7-11-30(39)25-34/h1-25,35H,38-39H2. The minimum Gasteiger partial charge on any atom is -0.457 e. The molecule has 1 atom stereocenters. The van der Waals surface area contributed by atoms with Crippen molar-refractivity contribution < 1.29 is 14.3 Å². The molecule has 0 saturated carbocycles.